The van der Waals surface area contributed by atoms with Crippen molar-refractivity contribution < 1.29 is 19.1 Å². The summed E-state index contributed by atoms with van der Waals surface area (Å²) < 4.78 is 5.25. The van der Waals surface area contributed by atoms with Gasteiger partial charge in [-0.25, -0.2) is 0 Å². The number of carbonyl (C=O) groups is 3. The first-order valence-corrected chi connectivity index (χ1v) is 16.1. The summed E-state index contributed by atoms with van der Waals surface area (Å²) >= 11 is 0. The second kappa shape index (κ2) is 12.2. The first-order valence-electron chi connectivity index (χ1n) is 16.1. The lowest BCUT2D eigenvalue weighted by Crippen LogP contribution is -2.64. The predicted octanol–water partition coefficient (Wildman–Crippen LogP) is 5.11. The molecule has 4 fully saturated rings. The summed E-state index contributed by atoms with van der Waals surface area (Å²) in [6, 6.07) is 0. The van der Waals surface area contributed by atoms with Crippen molar-refractivity contribution in [2.24, 2.45) is 52.3 Å². The molecule has 40 heavy (non-hydrogen) atoms. The van der Waals surface area contributed by atoms with Gasteiger partial charge in [0.1, 0.15) is 0 Å². The Bertz CT molecular complexity index is 988. The van der Waals surface area contributed by atoms with Crippen LogP contribution in [-0.2, 0) is 19.1 Å². The number of allylic oxidation sites excluding steroid dienone is 2. The second-order valence-corrected chi connectivity index (χ2v) is 13.5. The standard InChI is InChI=1S/C29H44N2O4.C4H11N/c1-7-30(8-2)16-31-25(32)23-18-14-21(17(3)4)29(24(23)26(31)33)13-11-20-19(27(34)35-6)10-9-12-28(20,5)22(29)15-18;1-3-5-4-2/h14,17-20,22-24H,7-13,15-16H2,1-6H3;5H,3-4H2,1-2H3/t18-,19+,20+,22+,23+,24-,28+,29-;/m0./s1. The van der Waals surface area contributed by atoms with Gasteiger partial charge >= 0.3 is 5.97 Å². The fourth-order valence-corrected chi connectivity index (χ4v) is 9.92. The van der Waals surface area contributed by atoms with E-state index in [2.05, 4.69) is 64.8 Å². The van der Waals surface area contributed by atoms with E-state index in [0.717, 1.165) is 64.7 Å². The van der Waals surface area contributed by atoms with Gasteiger partial charge in [-0.05, 0) is 87.4 Å². The Hall–Kier alpha value is -1.73. The molecule has 8 atom stereocenters. The molecule has 2 bridgehead atoms. The molecule has 0 radical (unpaired) electrons. The number of carbonyl (C=O) groups excluding carboxylic acids is 3. The number of rotatable bonds is 8. The molecule has 1 aliphatic heterocycles. The van der Waals surface area contributed by atoms with Crippen molar-refractivity contribution in [2.45, 2.75) is 87.0 Å². The molecule has 1 N–H and O–H groups in total. The molecule has 0 unspecified atom stereocenters. The zero-order valence-corrected chi connectivity index (χ0v) is 26.4. The molecule has 6 rings (SSSR count). The number of nitrogens with zero attached hydrogens (tertiary/aromatic N) is 2. The van der Waals surface area contributed by atoms with Gasteiger partial charge < -0.3 is 10.1 Å². The molecular formula is C33H55N3O4. The lowest BCUT2D eigenvalue weighted by molar-refractivity contribution is -0.183. The van der Waals surface area contributed by atoms with Crippen molar-refractivity contribution in [3.63, 3.8) is 0 Å². The minimum absolute atomic E-state index is 0.0113. The summed E-state index contributed by atoms with van der Waals surface area (Å²) in [6.45, 7) is 19.5. The molecule has 0 aromatic carbocycles. The van der Waals surface area contributed by atoms with Gasteiger partial charge in [0, 0.05) is 5.41 Å². The third-order valence-corrected chi connectivity index (χ3v) is 11.6. The quantitative estimate of drug-likeness (QED) is 0.254. The summed E-state index contributed by atoms with van der Waals surface area (Å²) in [5.41, 5.74) is 1.15. The zero-order chi connectivity index (χ0) is 29.4. The molecule has 1 saturated heterocycles. The Morgan fingerprint density at radius 1 is 1.10 bits per heavy atom. The SMILES string of the molecule is CCN(CC)CN1C(=O)[C@H]2[C@@H](C1=O)[C@]13CC[C@@H]4[C@H](C(=O)OC)CCC[C@@]4(C)[C@H]1C[C@@H]2C=C3C(C)C.CCNCC. The maximum absolute atomic E-state index is 14.2. The molecule has 6 aliphatic rings. The Morgan fingerprint density at radius 2 is 1.77 bits per heavy atom. The van der Waals surface area contributed by atoms with E-state index in [9.17, 15) is 14.4 Å². The minimum atomic E-state index is -0.262. The maximum Gasteiger partial charge on any atom is 0.308 e. The minimum Gasteiger partial charge on any atom is -0.469 e. The fraction of sp³-hybridized carbons (Fsp3) is 0.848. The smallest absolute Gasteiger partial charge is 0.308 e. The molecule has 7 nitrogen and oxygen atoms in total. The van der Waals surface area contributed by atoms with Crippen molar-refractivity contribution in [1.29, 1.82) is 0 Å². The van der Waals surface area contributed by atoms with E-state index in [-0.39, 0.29) is 52.3 Å². The van der Waals surface area contributed by atoms with Crippen LogP contribution >= 0.6 is 0 Å². The van der Waals surface area contributed by atoms with E-state index in [1.807, 2.05) is 0 Å². The molecule has 1 spiro atoms. The second-order valence-electron chi connectivity index (χ2n) is 13.5. The van der Waals surface area contributed by atoms with Crippen molar-refractivity contribution in [3.8, 4) is 0 Å². The molecular weight excluding hydrogens is 502 g/mol. The average molecular weight is 558 g/mol. The van der Waals surface area contributed by atoms with Crippen LogP contribution in [0.15, 0.2) is 11.6 Å². The van der Waals surface area contributed by atoms with Crippen LogP contribution in [0.1, 0.15) is 87.0 Å². The molecule has 1 heterocycles. The number of fused-ring (bicyclic) bond motifs is 1. The van der Waals surface area contributed by atoms with Crippen LogP contribution in [0.5, 0.6) is 0 Å². The van der Waals surface area contributed by atoms with Gasteiger partial charge in [0.15, 0.2) is 0 Å². The van der Waals surface area contributed by atoms with Crippen molar-refractivity contribution in [3.05, 3.63) is 11.6 Å². The van der Waals surface area contributed by atoms with E-state index in [4.69, 9.17) is 4.74 Å². The van der Waals surface area contributed by atoms with Gasteiger partial charge in [0.05, 0.1) is 31.5 Å². The number of hydrogen-bond acceptors (Lipinski definition) is 6. The maximum atomic E-state index is 14.2. The van der Waals surface area contributed by atoms with Crippen LogP contribution in [0.2, 0.25) is 0 Å². The predicted molar refractivity (Wildman–Crippen MR) is 158 cm³/mol. The summed E-state index contributed by atoms with van der Waals surface area (Å²) in [5.74, 6) is 0.659. The number of likely N-dealkylation sites (tertiary alicyclic amines) is 1. The number of methoxy groups -OCH3 is 1. The molecule has 2 amide bonds. The van der Waals surface area contributed by atoms with Gasteiger partial charge in [-0.1, -0.05) is 66.5 Å². The lowest BCUT2D eigenvalue weighted by atomic mass is 9.35. The summed E-state index contributed by atoms with van der Waals surface area (Å²) in [4.78, 5) is 44.5. The van der Waals surface area contributed by atoms with E-state index in [1.54, 1.807) is 4.90 Å². The van der Waals surface area contributed by atoms with Crippen LogP contribution in [-0.4, -0.2) is 67.5 Å². The number of amides is 2. The topological polar surface area (TPSA) is 79.0 Å². The largest absolute Gasteiger partial charge is 0.469 e. The van der Waals surface area contributed by atoms with Crippen LogP contribution in [0.4, 0.5) is 0 Å². The molecule has 5 aliphatic carbocycles. The summed E-state index contributed by atoms with van der Waals surface area (Å²) in [7, 11) is 1.51. The molecule has 0 aromatic rings. The monoisotopic (exact) mass is 557 g/mol. The molecule has 3 saturated carbocycles. The first kappa shape index (κ1) is 31.2. The highest BCUT2D eigenvalue weighted by Gasteiger charge is 2.73. The number of esters is 1. The highest BCUT2D eigenvalue weighted by molar-refractivity contribution is 6.06. The number of ether oxygens (including phenoxy) is 1. The van der Waals surface area contributed by atoms with Crippen LogP contribution in [0, 0.1) is 52.3 Å². The van der Waals surface area contributed by atoms with E-state index < -0.39 is 0 Å². The molecule has 7 heteroatoms. The highest BCUT2D eigenvalue weighted by atomic mass is 16.5. The number of nitrogens with one attached hydrogen (secondary N) is 1. The average Bonchev–Trinajstić information content (AvgIpc) is 3.21. The Labute approximate surface area is 242 Å². The van der Waals surface area contributed by atoms with Gasteiger partial charge in [0.2, 0.25) is 11.8 Å². The Morgan fingerprint density at radius 3 is 2.33 bits per heavy atom. The normalized spacial score (nSPS) is 38.0. The van der Waals surface area contributed by atoms with Crippen LogP contribution in [0.25, 0.3) is 0 Å². The van der Waals surface area contributed by atoms with E-state index in [0.29, 0.717) is 24.4 Å². The van der Waals surface area contributed by atoms with E-state index >= 15 is 0 Å². The van der Waals surface area contributed by atoms with E-state index in [1.165, 1.54) is 12.7 Å². The third-order valence-electron chi connectivity index (χ3n) is 11.6. The van der Waals surface area contributed by atoms with Crippen LogP contribution < -0.4 is 5.32 Å². The summed E-state index contributed by atoms with van der Waals surface area (Å²) in [5, 5.41) is 3.11. The van der Waals surface area contributed by atoms with Gasteiger partial charge in [-0.15, -0.1) is 0 Å². The Balaban J connectivity index is 0.000000681. The zero-order valence-electron chi connectivity index (χ0n) is 26.4. The molecule has 0 aromatic heterocycles. The molecule has 226 valence electrons. The van der Waals surface area contributed by atoms with Gasteiger partial charge in [0.25, 0.3) is 0 Å². The van der Waals surface area contributed by atoms with Crippen LogP contribution in [0.3, 0.4) is 0 Å². The number of imide groups is 1. The number of hydrogen-bond donors (Lipinski definition) is 1. The third kappa shape index (κ3) is 4.77. The van der Waals surface area contributed by atoms with Crippen molar-refractivity contribution in [2.75, 3.05) is 40.0 Å². The lowest BCUT2D eigenvalue weighted by Gasteiger charge is -2.68. The van der Waals surface area contributed by atoms with Gasteiger partial charge in [-0.2, -0.15) is 0 Å². The van der Waals surface area contributed by atoms with Gasteiger partial charge in [-0.3, -0.25) is 24.2 Å². The Kier molecular flexibility index (Phi) is 9.56. The fourth-order valence-electron chi connectivity index (χ4n) is 9.92. The van der Waals surface area contributed by atoms with Crippen molar-refractivity contribution in [1.82, 2.24) is 15.1 Å². The highest BCUT2D eigenvalue weighted by Crippen LogP contribution is 2.74. The van der Waals surface area contributed by atoms with Crippen molar-refractivity contribution >= 4 is 17.8 Å². The summed E-state index contributed by atoms with van der Waals surface area (Å²) in [6.07, 6.45) is 8.25. The first-order chi connectivity index (χ1) is 19.1.